The Morgan fingerprint density at radius 1 is 1.42 bits per heavy atom. The lowest BCUT2D eigenvalue weighted by Gasteiger charge is -2.13. The highest BCUT2D eigenvalue weighted by molar-refractivity contribution is 5.70. The summed E-state index contributed by atoms with van der Waals surface area (Å²) in [6.45, 7) is 0. The normalized spacial score (nSPS) is 11.7. The van der Waals surface area contributed by atoms with E-state index in [4.69, 9.17) is 5.11 Å². The SMILES string of the molecule is O=C(O)Cc1cc(C(F)F)c(OC(F)(F)F)[nH]c1=O. The van der Waals surface area contributed by atoms with Crippen LogP contribution in [-0.4, -0.2) is 22.4 Å². The van der Waals surface area contributed by atoms with Crippen LogP contribution in [0, 0.1) is 0 Å². The predicted molar refractivity (Wildman–Crippen MR) is 50.0 cm³/mol. The van der Waals surface area contributed by atoms with E-state index in [1.807, 2.05) is 0 Å². The Labute approximate surface area is 101 Å². The van der Waals surface area contributed by atoms with Crippen molar-refractivity contribution < 1.29 is 36.6 Å². The van der Waals surface area contributed by atoms with Gasteiger partial charge in [-0.2, -0.15) is 0 Å². The van der Waals surface area contributed by atoms with Gasteiger partial charge in [-0.15, -0.1) is 13.2 Å². The zero-order chi connectivity index (χ0) is 14.8. The van der Waals surface area contributed by atoms with E-state index in [9.17, 15) is 31.5 Å². The van der Waals surface area contributed by atoms with Gasteiger partial charge < -0.3 is 9.84 Å². The summed E-state index contributed by atoms with van der Waals surface area (Å²) in [5.41, 5.74) is -3.09. The fraction of sp³-hybridized carbons (Fsp3) is 0.333. The van der Waals surface area contributed by atoms with E-state index in [2.05, 4.69) is 4.74 Å². The Bertz CT molecular complexity index is 536. The number of carboxylic acid groups (broad SMARTS) is 1. The molecule has 106 valence electrons. The number of hydrogen-bond acceptors (Lipinski definition) is 3. The molecular weight excluding hydrogens is 281 g/mol. The number of pyridine rings is 1. The number of rotatable bonds is 4. The number of hydrogen-bond donors (Lipinski definition) is 2. The molecule has 0 atom stereocenters. The number of ether oxygens (including phenoxy) is 1. The van der Waals surface area contributed by atoms with Crippen LogP contribution in [0.15, 0.2) is 10.9 Å². The Hall–Kier alpha value is -2.13. The van der Waals surface area contributed by atoms with Gasteiger partial charge in [0.2, 0.25) is 5.88 Å². The minimum Gasteiger partial charge on any atom is -0.481 e. The van der Waals surface area contributed by atoms with Gasteiger partial charge in [0.25, 0.3) is 12.0 Å². The maximum absolute atomic E-state index is 12.5. The molecule has 0 unspecified atom stereocenters. The smallest absolute Gasteiger partial charge is 0.481 e. The first-order chi connectivity index (χ1) is 8.60. The molecule has 0 amide bonds. The van der Waals surface area contributed by atoms with Crippen LogP contribution in [-0.2, 0) is 11.2 Å². The van der Waals surface area contributed by atoms with E-state index >= 15 is 0 Å². The second-order valence-electron chi connectivity index (χ2n) is 3.33. The van der Waals surface area contributed by atoms with E-state index in [1.54, 1.807) is 0 Å². The highest BCUT2D eigenvalue weighted by atomic mass is 19.4. The van der Waals surface area contributed by atoms with Gasteiger partial charge in [-0.25, -0.2) is 8.78 Å². The maximum Gasteiger partial charge on any atom is 0.574 e. The van der Waals surface area contributed by atoms with Gasteiger partial charge in [-0.1, -0.05) is 0 Å². The van der Waals surface area contributed by atoms with E-state index in [0.717, 1.165) is 0 Å². The van der Waals surface area contributed by atoms with Crippen molar-refractivity contribution in [1.29, 1.82) is 0 Å². The van der Waals surface area contributed by atoms with Gasteiger partial charge in [0.15, 0.2) is 0 Å². The van der Waals surface area contributed by atoms with E-state index in [1.165, 1.54) is 4.98 Å². The average molecular weight is 287 g/mol. The Kier molecular flexibility index (Phi) is 4.12. The molecule has 0 radical (unpaired) electrons. The van der Waals surface area contributed by atoms with E-state index in [-0.39, 0.29) is 0 Å². The van der Waals surface area contributed by atoms with Crippen molar-refractivity contribution in [2.45, 2.75) is 19.2 Å². The number of carbonyl (C=O) groups is 1. The third kappa shape index (κ3) is 4.23. The first-order valence-corrected chi connectivity index (χ1v) is 4.62. The highest BCUT2D eigenvalue weighted by Crippen LogP contribution is 2.30. The lowest BCUT2D eigenvalue weighted by Crippen LogP contribution is -2.24. The summed E-state index contributed by atoms with van der Waals surface area (Å²) in [5.74, 6) is -2.95. The summed E-state index contributed by atoms with van der Waals surface area (Å²) in [6.07, 6.45) is -9.54. The summed E-state index contributed by atoms with van der Waals surface area (Å²) >= 11 is 0. The number of aromatic nitrogens is 1. The number of aromatic amines is 1. The molecule has 0 aliphatic heterocycles. The minimum absolute atomic E-state index is 0.374. The van der Waals surface area contributed by atoms with Crippen molar-refractivity contribution in [3.05, 3.63) is 27.5 Å². The van der Waals surface area contributed by atoms with Crippen molar-refractivity contribution in [2.75, 3.05) is 0 Å². The molecule has 0 spiro atoms. The van der Waals surface area contributed by atoms with Gasteiger partial charge in [-0.05, 0) is 6.07 Å². The van der Waals surface area contributed by atoms with Crippen molar-refractivity contribution in [3.63, 3.8) is 0 Å². The van der Waals surface area contributed by atoms with Crippen LogP contribution >= 0.6 is 0 Å². The summed E-state index contributed by atoms with van der Waals surface area (Å²) in [5, 5.41) is 8.43. The number of carboxylic acids is 1. The van der Waals surface area contributed by atoms with Crippen LogP contribution in [0.4, 0.5) is 22.0 Å². The van der Waals surface area contributed by atoms with Crippen LogP contribution in [0.3, 0.4) is 0 Å². The summed E-state index contributed by atoms with van der Waals surface area (Å²) in [4.78, 5) is 23.0. The molecule has 10 heteroatoms. The molecule has 19 heavy (non-hydrogen) atoms. The Morgan fingerprint density at radius 3 is 2.42 bits per heavy atom. The van der Waals surface area contributed by atoms with Crippen LogP contribution < -0.4 is 10.3 Å². The van der Waals surface area contributed by atoms with Crippen LogP contribution in [0.25, 0.3) is 0 Å². The van der Waals surface area contributed by atoms with Gasteiger partial charge in [0.1, 0.15) is 0 Å². The van der Waals surface area contributed by atoms with Crippen molar-refractivity contribution in [2.24, 2.45) is 0 Å². The average Bonchev–Trinajstić information content (AvgIpc) is 2.18. The van der Waals surface area contributed by atoms with E-state index < -0.39 is 47.7 Å². The molecule has 0 aliphatic carbocycles. The van der Waals surface area contributed by atoms with Gasteiger partial charge in [0.05, 0.1) is 12.0 Å². The first kappa shape index (κ1) is 14.9. The van der Waals surface area contributed by atoms with Crippen molar-refractivity contribution in [1.82, 2.24) is 4.98 Å². The molecule has 0 aromatic carbocycles. The molecule has 0 bridgehead atoms. The van der Waals surface area contributed by atoms with Crippen LogP contribution in [0.2, 0.25) is 0 Å². The molecule has 0 aliphatic rings. The quantitative estimate of drug-likeness (QED) is 0.828. The number of alkyl halides is 5. The molecule has 0 saturated heterocycles. The largest absolute Gasteiger partial charge is 0.574 e. The number of halogens is 5. The molecule has 1 aromatic rings. The standard InChI is InChI=1S/C9H6F5NO4/c10-6(11)4-1-3(2-5(16)17)7(18)15-8(4)19-9(12,13)14/h1,6H,2H2,(H,15,18)(H,16,17). The summed E-state index contributed by atoms with van der Waals surface area (Å²) in [7, 11) is 0. The fourth-order valence-electron chi connectivity index (χ4n) is 1.23. The van der Waals surface area contributed by atoms with Gasteiger partial charge >= 0.3 is 12.3 Å². The lowest BCUT2D eigenvalue weighted by atomic mass is 10.1. The van der Waals surface area contributed by atoms with Crippen molar-refractivity contribution in [3.8, 4) is 5.88 Å². The molecule has 2 N–H and O–H groups in total. The number of nitrogens with one attached hydrogen (secondary N) is 1. The molecule has 1 aromatic heterocycles. The Morgan fingerprint density at radius 2 is 2.00 bits per heavy atom. The van der Waals surface area contributed by atoms with Gasteiger partial charge in [-0.3, -0.25) is 14.6 Å². The second kappa shape index (κ2) is 5.24. The highest BCUT2D eigenvalue weighted by Gasteiger charge is 2.34. The fourth-order valence-corrected chi connectivity index (χ4v) is 1.23. The number of H-pyrrole nitrogens is 1. The molecule has 1 heterocycles. The maximum atomic E-state index is 12.5. The predicted octanol–water partition coefficient (Wildman–Crippen LogP) is 1.84. The summed E-state index contributed by atoms with van der Waals surface area (Å²) < 4.78 is 64.2. The molecule has 5 nitrogen and oxygen atoms in total. The first-order valence-electron chi connectivity index (χ1n) is 4.62. The zero-order valence-corrected chi connectivity index (χ0v) is 8.92. The Balaban J connectivity index is 3.29. The molecule has 0 fully saturated rings. The molecular formula is C9H6F5NO4. The van der Waals surface area contributed by atoms with Crippen LogP contribution in [0.5, 0.6) is 5.88 Å². The van der Waals surface area contributed by atoms with Crippen molar-refractivity contribution >= 4 is 5.97 Å². The summed E-state index contributed by atoms with van der Waals surface area (Å²) in [6, 6.07) is 0.374. The minimum atomic E-state index is -5.26. The number of aliphatic carboxylic acids is 1. The second-order valence-corrected chi connectivity index (χ2v) is 3.33. The monoisotopic (exact) mass is 287 g/mol. The van der Waals surface area contributed by atoms with E-state index in [0.29, 0.717) is 6.07 Å². The molecule has 1 rings (SSSR count). The molecule has 0 saturated carbocycles. The topological polar surface area (TPSA) is 79.4 Å². The zero-order valence-electron chi connectivity index (χ0n) is 8.92. The third-order valence-corrected chi connectivity index (χ3v) is 1.91. The van der Waals surface area contributed by atoms with Crippen LogP contribution in [0.1, 0.15) is 17.6 Å². The van der Waals surface area contributed by atoms with Gasteiger partial charge in [0, 0.05) is 5.56 Å². The third-order valence-electron chi connectivity index (χ3n) is 1.91. The lowest BCUT2D eigenvalue weighted by molar-refractivity contribution is -0.276.